The van der Waals surface area contributed by atoms with E-state index in [1.165, 1.54) is 50.2 Å². The summed E-state index contributed by atoms with van der Waals surface area (Å²) in [5.41, 5.74) is 21.1. The predicted octanol–water partition coefficient (Wildman–Crippen LogP) is 10.4. The lowest BCUT2D eigenvalue weighted by atomic mass is 9.66. The molecule has 8 rings (SSSR count). The third-order valence-electron chi connectivity index (χ3n) is 10.9. The molecule has 4 atom stereocenters. The van der Waals surface area contributed by atoms with E-state index < -0.39 is 0 Å². The molecule has 4 unspecified atom stereocenters. The standard InChI is InChI=1S/C46H47N3/c47-43(34-16-5-2-6-17-34)30-45(48-31-32-13-3-1-4-14-32)35-23-26-37(27-24-35)49-44-22-12-11-21-40(44)42-29-36-18-8-9-19-38(36)41-28-25-33-15-7-10-20-39(33)46(41)42/h2-3,5,7-8,10-16,18,20-23,25-30,35,42,45-46,48-49H,1,4,6,9,17,19,24,31,47H2/b43-30-. The fourth-order valence-corrected chi connectivity index (χ4v) is 8.35. The van der Waals surface area contributed by atoms with Crippen molar-refractivity contribution in [1.82, 2.24) is 5.32 Å². The summed E-state index contributed by atoms with van der Waals surface area (Å²) in [6.45, 7) is 0.847. The van der Waals surface area contributed by atoms with Gasteiger partial charge in [0.05, 0.1) is 0 Å². The molecule has 0 saturated heterocycles. The summed E-state index contributed by atoms with van der Waals surface area (Å²) in [4.78, 5) is 0. The van der Waals surface area contributed by atoms with Crippen LogP contribution in [0.15, 0.2) is 173 Å². The molecule has 246 valence electrons. The molecule has 3 heteroatoms. The molecule has 0 spiro atoms. The molecule has 4 N–H and O–H groups in total. The Bertz CT molecular complexity index is 1950. The van der Waals surface area contributed by atoms with Crippen LogP contribution in [-0.4, -0.2) is 12.6 Å². The fraction of sp³-hybridized carbons (Fsp3) is 0.261. The van der Waals surface area contributed by atoms with Gasteiger partial charge in [-0.05, 0) is 114 Å². The number of rotatable bonds is 9. The summed E-state index contributed by atoms with van der Waals surface area (Å²) in [6.07, 6.45) is 42.1. The average Bonchev–Trinajstić information content (AvgIpc) is 3.17. The number of fused-ring (bicyclic) bond motifs is 4. The molecule has 6 aliphatic rings. The minimum Gasteiger partial charge on any atom is -0.399 e. The van der Waals surface area contributed by atoms with Crippen molar-refractivity contribution in [2.75, 3.05) is 11.9 Å². The van der Waals surface area contributed by atoms with Gasteiger partial charge in [-0.1, -0.05) is 121 Å². The van der Waals surface area contributed by atoms with E-state index in [-0.39, 0.29) is 12.0 Å². The molecule has 0 bridgehead atoms. The Labute approximate surface area is 292 Å². The number of benzene rings is 2. The maximum absolute atomic E-state index is 6.72. The number of hydrogen-bond donors (Lipinski definition) is 3. The van der Waals surface area contributed by atoms with Gasteiger partial charge in [0.1, 0.15) is 0 Å². The molecule has 49 heavy (non-hydrogen) atoms. The second-order valence-corrected chi connectivity index (χ2v) is 14.0. The summed E-state index contributed by atoms with van der Waals surface area (Å²) >= 11 is 0. The van der Waals surface area contributed by atoms with Crippen molar-refractivity contribution in [3.05, 3.63) is 190 Å². The third-order valence-corrected chi connectivity index (χ3v) is 10.9. The fourth-order valence-electron chi connectivity index (χ4n) is 8.35. The Morgan fingerprint density at radius 3 is 2.53 bits per heavy atom. The van der Waals surface area contributed by atoms with Gasteiger partial charge in [0.15, 0.2) is 0 Å². The van der Waals surface area contributed by atoms with Crippen LogP contribution in [0.5, 0.6) is 0 Å². The van der Waals surface area contributed by atoms with Crippen molar-refractivity contribution in [3.8, 4) is 0 Å². The lowest BCUT2D eigenvalue weighted by Crippen LogP contribution is -2.36. The highest BCUT2D eigenvalue weighted by atomic mass is 14.9. The van der Waals surface area contributed by atoms with Gasteiger partial charge < -0.3 is 16.4 Å². The van der Waals surface area contributed by atoms with Crippen molar-refractivity contribution in [2.24, 2.45) is 11.7 Å². The summed E-state index contributed by atoms with van der Waals surface area (Å²) in [7, 11) is 0. The van der Waals surface area contributed by atoms with Crippen LogP contribution in [0.4, 0.5) is 5.69 Å². The molecule has 0 saturated carbocycles. The lowest BCUT2D eigenvalue weighted by molar-refractivity contribution is 0.486. The largest absolute Gasteiger partial charge is 0.399 e. The summed E-state index contributed by atoms with van der Waals surface area (Å²) in [6, 6.07) is 18.0. The Morgan fingerprint density at radius 1 is 0.837 bits per heavy atom. The number of para-hydroxylation sites is 1. The minimum atomic E-state index is 0.139. The van der Waals surface area contributed by atoms with Gasteiger partial charge >= 0.3 is 0 Å². The van der Waals surface area contributed by atoms with E-state index in [9.17, 15) is 0 Å². The molecule has 0 amide bonds. The topological polar surface area (TPSA) is 50.1 Å². The summed E-state index contributed by atoms with van der Waals surface area (Å²) in [5, 5.41) is 7.73. The number of nitrogens with one attached hydrogen (secondary N) is 2. The van der Waals surface area contributed by atoms with Crippen LogP contribution in [0.1, 0.15) is 73.5 Å². The van der Waals surface area contributed by atoms with E-state index in [4.69, 9.17) is 5.73 Å². The van der Waals surface area contributed by atoms with Crippen molar-refractivity contribution in [2.45, 2.75) is 62.8 Å². The van der Waals surface area contributed by atoms with Crippen LogP contribution in [0.3, 0.4) is 0 Å². The first-order valence-corrected chi connectivity index (χ1v) is 18.3. The number of allylic oxidation sites excluding steroid dienone is 15. The minimum absolute atomic E-state index is 0.139. The van der Waals surface area contributed by atoms with Gasteiger partial charge in [-0.3, -0.25) is 0 Å². The molecule has 6 aliphatic carbocycles. The van der Waals surface area contributed by atoms with Crippen molar-refractivity contribution >= 4 is 11.8 Å². The van der Waals surface area contributed by atoms with Crippen LogP contribution >= 0.6 is 0 Å². The van der Waals surface area contributed by atoms with Crippen molar-refractivity contribution in [3.63, 3.8) is 0 Å². The molecule has 2 aromatic rings. The Hall–Kier alpha value is -4.86. The van der Waals surface area contributed by atoms with Gasteiger partial charge in [-0.25, -0.2) is 0 Å². The predicted molar refractivity (Wildman–Crippen MR) is 207 cm³/mol. The Kier molecular flexibility index (Phi) is 9.18. The first-order valence-electron chi connectivity index (χ1n) is 18.3. The third kappa shape index (κ3) is 6.73. The van der Waals surface area contributed by atoms with Crippen LogP contribution in [0.25, 0.3) is 6.08 Å². The first-order chi connectivity index (χ1) is 24.2. The lowest BCUT2D eigenvalue weighted by Gasteiger charge is -2.38. The molecule has 0 fully saturated rings. The SMILES string of the molecule is N/C(=C\C(NCC1=CCCC=C1)C1C=CC(Nc2ccccc2C2C=C3C=CCCC3=C3C=Cc4ccccc4C32)=CC1)C1=CC=CCC1. The van der Waals surface area contributed by atoms with Crippen LogP contribution in [0, 0.1) is 5.92 Å². The van der Waals surface area contributed by atoms with Gasteiger partial charge in [0.25, 0.3) is 0 Å². The van der Waals surface area contributed by atoms with Gasteiger partial charge in [-0.15, -0.1) is 0 Å². The average molecular weight is 642 g/mol. The maximum atomic E-state index is 6.72. The molecular weight excluding hydrogens is 595 g/mol. The highest BCUT2D eigenvalue weighted by Crippen LogP contribution is 2.52. The molecule has 0 heterocycles. The zero-order valence-electron chi connectivity index (χ0n) is 28.3. The van der Waals surface area contributed by atoms with E-state index in [1.54, 1.807) is 0 Å². The smallest absolute Gasteiger partial charge is 0.0423 e. The maximum Gasteiger partial charge on any atom is 0.0423 e. The quantitative estimate of drug-likeness (QED) is 0.255. The molecular formula is C46H47N3. The van der Waals surface area contributed by atoms with Gasteiger partial charge in [-0.2, -0.15) is 0 Å². The van der Waals surface area contributed by atoms with E-state index >= 15 is 0 Å². The Balaban J connectivity index is 1.05. The number of hydrogen-bond acceptors (Lipinski definition) is 3. The van der Waals surface area contributed by atoms with Crippen LogP contribution in [0.2, 0.25) is 0 Å². The van der Waals surface area contributed by atoms with Gasteiger partial charge in [0, 0.05) is 41.5 Å². The Morgan fingerprint density at radius 2 is 1.69 bits per heavy atom. The number of anilines is 1. The van der Waals surface area contributed by atoms with Crippen LogP contribution in [-0.2, 0) is 0 Å². The molecule has 2 aromatic carbocycles. The second kappa shape index (κ2) is 14.3. The molecule has 3 nitrogen and oxygen atoms in total. The van der Waals surface area contributed by atoms with Crippen molar-refractivity contribution < 1.29 is 0 Å². The molecule has 0 radical (unpaired) electrons. The molecule has 0 aliphatic heterocycles. The van der Waals surface area contributed by atoms with Crippen molar-refractivity contribution in [1.29, 1.82) is 0 Å². The van der Waals surface area contributed by atoms with Crippen LogP contribution < -0.4 is 16.4 Å². The monoisotopic (exact) mass is 641 g/mol. The highest BCUT2D eigenvalue weighted by Gasteiger charge is 2.36. The van der Waals surface area contributed by atoms with E-state index in [0.717, 1.165) is 62.9 Å². The summed E-state index contributed by atoms with van der Waals surface area (Å²) < 4.78 is 0. The summed E-state index contributed by atoms with van der Waals surface area (Å²) in [5.74, 6) is 0.855. The molecule has 0 aromatic heterocycles. The number of nitrogens with two attached hydrogens (primary N) is 1. The normalized spacial score (nSPS) is 24.7. The highest BCUT2D eigenvalue weighted by molar-refractivity contribution is 5.72. The second-order valence-electron chi connectivity index (χ2n) is 14.0. The zero-order chi connectivity index (χ0) is 33.0. The van der Waals surface area contributed by atoms with Gasteiger partial charge in [0.2, 0.25) is 0 Å². The first kappa shape index (κ1) is 31.4. The zero-order valence-corrected chi connectivity index (χ0v) is 28.3. The van der Waals surface area contributed by atoms with E-state index in [2.05, 4.69) is 150 Å². The van der Waals surface area contributed by atoms with E-state index in [0.29, 0.717) is 11.8 Å². The van der Waals surface area contributed by atoms with E-state index in [1.807, 2.05) is 0 Å².